The molecular formula is C30H34N6O4. The lowest BCUT2D eigenvalue weighted by atomic mass is 10.1. The zero-order valence-corrected chi connectivity index (χ0v) is 23.0. The number of nitrogens with zero attached hydrogens (tertiary/aromatic N) is 6. The number of carbonyl (C=O) groups is 1. The molecule has 0 spiro atoms. The van der Waals surface area contributed by atoms with E-state index in [1.807, 2.05) is 53.4 Å². The van der Waals surface area contributed by atoms with Gasteiger partial charge in [0, 0.05) is 50.6 Å². The van der Waals surface area contributed by atoms with Crippen LogP contribution in [-0.2, 0) is 11.2 Å². The van der Waals surface area contributed by atoms with Crippen molar-refractivity contribution in [2.45, 2.75) is 25.9 Å². The number of aliphatic hydroxyl groups excluding tert-OH is 1. The molecule has 1 aromatic carbocycles. The molecule has 10 nitrogen and oxygen atoms in total. The molecule has 208 valence electrons. The van der Waals surface area contributed by atoms with Gasteiger partial charge < -0.3 is 24.7 Å². The van der Waals surface area contributed by atoms with Crippen molar-refractivity contribution >= 4 is 17.2 Å². The summed E-state index contributed by atoms with van der Waals surface area (Å²) in [7, 11) is 1.00. The third kappa shape index (κ3) is 6.75. The van der Waals surface area contributed by atoms with E-state index in [0.29, 0.717) is 49.4 Å². The molecule has 0 bridgehead atoms. The third-order valence-electron chi connectivity index (χ3n) is 6.51. The summed E-state index contributed by atoms with van der Waals surface area (Å²) in [6.07, 6.45) is 5.43. The molecule has 40 heavy (non-hydrogen) atoms. The molecule has 0 aliphatic carbocycles. The minimum absolute atomic E-state index is 0.112. The van der Waals surface area contributed by atoms with Gasteiger partial charge >= 0.3 is 0 Å². The van der Waals surface area contributed by atoms with Gasteiger partial charge in [-0.3, -0.25) is 4.79 Å². The monoisotopic (exact) mass is 542 g/mol. The van der Waals surface area contributed by atoms with Crippen LogP contribution in [-0.4, -0.2) is 81.1 Å². The largest absolute Gasteiger partial charge is 0.489 e. The van der Waals surface area contributed by atoms with Crippen LogP contribution in [0.1, 0.15) is 25.0 Å². The maximum atomic E-state index is 12.7. The Kier molecular flexibility index (Phi) is 8.99. The average molecular weight is 543 g/mol. The quantitative estimate of drug-likeness (QED) is 0.365. The molecule has 0 radical (unpaired) electrons. The number of pyridine rings is 2. The minimum atomic E-state index is -0.990. The smallest absolute Gasteiger partial charge is 0.227 e. The predicted molar refractivity (Wildman–Crippen MR) is 152 cm³/mol. The van der Waals surface area contributed by atoms with E-state index >= 15 is 0 Å². The summed E-state index contributed by atoms with van der Waals surface area (Å²) >= 11 is 0. The molecule has 4 heterocycles. The number of fused-ring (bicyclic) bond motifs is 1. The van der Waals surface area contributed by atoms with E-state index in [1.165, 1.54) is 6.20 Å². The van der Waals surface area contributed by atoms with Crippen molar-refractivity contribution in [1.29, 1.82) is 5.26 Å². The Labute approximate surface area is 233 Å². The fourth-order valence-electron chi connectivity index (χ4n) is 4.54. The van der Waals surface area contributed by atoms with Crippen molar-refractivity contribution in [1.82, 2.24) is 19.5 Å². The standard InChI is InChI=1S/C29H30N6O3.CH4O/c1-29(2,37)20-38-24-15-25(28-23(16-30)18-32-35(28)19-24)22-8-9-26(31-17-22)33-10-12-34(13-11-33)27(36)14-21-6-4-3-5-7-21;1-2/h3-9,15,17-19,37H,10-14,20H2,1-2H3;2H,1H3. The number of rotatable bonds is 7. The van der Waals surface area contributed by atoms with Gasteiger partial charge in [0.25, 0.3) is 0 Å². The molecule has 1 amide bonds. The van der Waals surface area contributed by atoms with Gasteiger partial charge in [0.05, 0.1) is 35.5 Å². The Morgan fingerprint density at radius 1 is 1.07 bits per heavy atom. The molecule has 10 heteroatoms. The fraction of sp³-hybridized carbons (Fsp3) is 0.333. The van der Waals surface area contributed by atoms with E-state index < -0.39 is 5.60 Å². The molecule has 1 fully saturated rings. The molecule has 1 aliphatic heterocycles. The first-order chi connectivity index (χ1) is 19.3. The Hall–Kier alpha value is -4.46. The lowest BCUT2D eigenvalue weighted by Crippen LogP contribution is -2.49. The first kappa shape index (κ1) is 28.5. The third-order valence-corrected chi connectivity index (χ3v) is 6.51. The Morgan fingerprint density at radius 2 is 1.80 bits per heavy atom. The van der Waals surface area contributed by atoms with E-state index in [-0.39, 0.29) is 12.5 Å². The highest BCUT2D eigenvalue weighted by atomic mass is 16.5. The normalized spacial score (nSPS) is 13.4. The van der Waals surface area contributed by atoms with Crippen molar-refractivity contribution in [2.24, 2.45) is 0 Å². The van der Waals surface area contributed by atoms with Crippen LogP contribution in [0.15, 0.2) is 67.1 Å². The van der Waals surface area contributed by atoms with E-state index in [4.69, 9.17) is 14.8 Å². The van der Waals surface area contributed by atoms with Crippen LogP contribution in [0.5, 0.6) is 5.75 Å². The van der Waals surface area contributed by atoms with Crippen LogP contribution < -0.4 is 9.64 Å². The van der Waals surface area contributed by atoms with Gasteiger partial charge in [-0.2, -0.15) is 10.4 Å². The topological polar surface area (TPSA) is 127 Å². The minimum Gasteiger partial charge on any atom is -0.489 e. The van der Waals surface area contributed by atoms with Crippen LogP contribution in [0.2, 0.25) is 0 Å². The summed E-state index contributed by atoms with van der Waals surface area (Å²) in [5, 5.41) is 31.0. The summed E-state index contributed by atoms with van der Waals surface area (Å²) in [5.41, 5.74) is 2.75. The molecule has 0 saturated carbocycles. The highest BCUT2D eigenvalue weighted by Gasteiger charge is 2.22. The molecular weight excluding hydrogens is 508 g/mol. The van der Waals surface area contributed by atoms with Gasteiger partial charge in [-0.15, -0.1) is 0 Å². The highest BCUT2D eigenvalue weighted by Crippen LogP contribution is 2.31. The maximum absolute atomic E-state index is 12.7. The van der Waals surface area contributed by atoms with Gasteiger partial charge in [-0.05, 0) is 37.6 Å². The number of piperazine rings is 1. The lowest BCUT2D eigenvalue weighted by Gasteiger charge is -2.35. The summed E-state index contributed by atoms with van der Waals surface area (Å²) < 4.78 is 7.43. The summed E-state index contributed by atoms with van der Waals surface area (Å²) in [6, 6.07) is 17.8. The van der Waals surface area contributed by atoms with Gasteiger partial charge in [-0.25, -0.2) is 9.50 Å². The SMILES string of the molecule is CC(C)(O)COc1cc(-c2ccc(N3CCN(C(=O)Cc4ccccc4)CC3)nc2)c2c(C#N)cnn2c1.CO. The number of anilines is 1. The van der Waals surface area contributed by atoms with Crippen molar-refractivity contribution < 1.29 is 19.7 Å². The fourth-order valence-corrected chi connectivity index (χ4v) is 4.54. The van der Waals surface area contributed by atoms with E-state index in [1.54, 1.807) is 30.8 Å². The second-order valence-electron chi connectivity index (χ2n) is 10.1. The predicted octanol–water partition coefficient (Wildman–Crippen LogP) is 2.92. The maximum Gasteiger partial charge on any atom is 0.227 e. The number of benzene rings is 1. The second kappa shape index (κ2) is 12.6. The first-order valence-corrected chi connectivity index (χ1v) is 13.1. The zero-order chi connectivity index (χ0) is 28.7. The molecule has 0 atom stereocenters. The molecule has 1 saturated heterocycles. The number of amides is 1. The molecule has 0 unspecified atom stereocenters. The Bertz CT molecular complexity index is 1460. The number of aliphatic hydroxyl groups is 2. The van der Waals surface area contributed by atoms with Crippen molar-refractivity contribution in [3.8, 4) is 22.9 Å². The first-order valence-electron chi connectivity index (χ1n) is 13.1. The van der Waals surface area contributed by atoms with E-state index in [0.717, 1.165) is 29.6 Å². The van der Waals surface area contributed by atoms with Gasteiger partial charge in [0.1, 0.15) is 24.2 Å². The number of hydrogen-bond donors (Lipinski definition) is 2. The summed E-state index contributed by atoms with van der Waals surface area (Å²) in [4.78, 5) is 21.5. The highest BCUT2D eigenvalue weighted by molar-refractivity contribution is 5.85. The van der Waals surface area contributed by atoms with Crippen LogP contribution in [0.25, 0.3) is 16.6 Å². The number of carbonyl (C=O) groups excluding carboxylic acids is 1. The van der Waals surface area contributed by atoms with Crippen LogP contribution >= 0.6 is 0 Å². The molecule has 4 aromatic rings. The summed E-state index contributed by atoms with van der Waals surface area (Å²) in [5.74, 6) is 1.51. The van der Waals surface area contributed by atoms with Gasteiger partial charge in [-0.1, -0.05) is 30.3 Å². The number of ether oxygens (including phenoxy) is 1. The van der Waals surface area contributed by atoms with Crippen molar-refractivity contribution in [3.05, 3.63) is 78.2 Å². The van der Waals surface area contributed by atoms with E-state index in [2.05, 4.69) is 16.1 Å². The van der Waals surface area contributed by atoms with Gasteiger partial charge in [0.15, 0.2) is 0 Å². The van der Waals surface area contributed by atoms with Crippen LogP contribution in [0.3, 0.4) is 0 Å². The summed E-state index contributed by atoms with van der Waals surface area (Å²) in [6.45, 7) is 6.18. The number of aromatic nitrogens is 3. The van der Waals surface area contributed by atoms with Crippen molar-refractivity contribution in [3.63, 3.8) is 0 Å². The molecule has 5 rings (SSSR count). The number of nitriles is 1. The average Bonchev–Trinajstić information content (AvgIpc) is 3.40. The molecule has 1 aliphatic rings. The second-order valence-corrected chi connectivity index (χ2v) is 10.1. The molecule has 2 N–H and O–H groups in total. The number of hydrogen-bond acceptors (Lipinski definition) is 8. The van der Waals surface area contributed by atoms with Crippen LogP contribution in [0, 0.1) is 11.3 Å². The van der Waals surface area contributed by atoms with Crippen molar-refractivity contribution in [2.75, 3.05) is 44.8 Å². The lowest BCUT2D eigenvalue weighted by molar-refractivity contribution is -0.130. The van der Waals surface area contributed by atoms with E-state index in [9.17, 15) is 15.2 Å². The Morgan fingerprint density at radius 3 is 2.42 bits per heavy atom. The van der Waals surface area contributed by atoms with Crippen LogP contribution in [0.4, 0.5) is 5.82 Å². The zero-order valence-electron chi connectivity index (χ0n) is 23.0. The molecule has 3 aromatic heterocycles. The van der Waals surface area contributed by atoms with Gasteiger partial charge in [0.2, 0.25) is 5.91 Å². The Balaban J connectivity index is 0.00000181.